The Morgan fingerprint density at radius 3 is 0.840 bits per heavy atom. The summed E-state index contributed by atoms with van der Waals surface area (Å²) >= 11 is 0. The molecule has 0 saturated heterocycles. The molecule has 0 aromatic carbocycles. The highest BCUT2D eigenvalue weighted by atomic mass is 32.5. The highest BCUT2D eigenvalue weighted by molar-refractivity contribution is 8.49. The molecule has 0 aliphatic heterocycles. The van der Waals surface area contributed by atoms with Crippen molar-refractivity contribution in [1.82, 2.24) is 0 Å². The molecule has 0 unspecified atom stereocenters. The van der Waals surface area contributed by atoms with E-state index < -0.39 is 48.7 Å². The smallest absolute Gasteiger partial charge is 0.311 e. The van der Waals surface area contributed by atoms with E-state index in [-0.39, 0.29) is 0 Å². The summed E-state index contributed by atoms with van der Waals surface area (Å²) in [4.78, 5) is 0. The number of rotatable bonds is 10. The second-order valence-electron chi connectivity index (χ2n) is 10.3. The molecule has 0 atom stereocenters. The third-order valence-electron chi connectivity index (χ3n) is 2.58. The van der Waals surface area contributed by atoms with Gasteiger partial charge in [-0.05, 0) is 91.7 Å². The first-order chi connectivity index (χ1) is 10.5. The second kappa shape index (κ2) is 8.47. The fraction of sp³-hybridized carbons (Fsp3) is 1.00. The fourth-order valence-electron chi connectivity index (χ4n) is 3.33. The van der Waals surface area contributed by atoms with Gasteiger partial charge in [0.25, 0.3) is 0 Å². The lowest BCUT2D eigenvalue weighted by atomic mass is 11.8. The Hall–Kier alpha value is 1.49. The highest BCUT2D eigenvalue weighted by Crippen LogP contribution is 2.37. The van der Waals surface area contributed by atoms with E-state index in [4.69, 9.17) is 16.5 Å². The number of hydrogen-bond acceptors (Lipinski definition) is 5. The summed E-state index contributed by atoms with van der Waals surface area (Å²) in [5.41, 5.74) is 0. The summed E-state index contributed by atoms with van der Waals surface area (Å²) in [6, 6.07) is 0. The van der Waals surface area contributed by atoms with Crippen molar-refractivity contribution >= 4 is 59.4 Å². The van der Waals surface area contributed by atoms with E-state index in [1.54, 1.807) is 0 Å². The molecule has 0 aliphatic carbocycles. The van der Waals surface area contributed by atoms with E-state index in [0.29, 0.717) is 0 Å². The summed E-state index contributed by atoms with van der Waals surface area (Å²) in [7, 11) is -9.32. The number of hydrogen-bond donors (Lipinski definition) is 0. The van der Waals surface area contributed by atoms with E-state index in [0.717, 1.165) is 0 Å². The minimum atomic E-state index is -2.11. The first kappa shape index (κ1) is 26.5. The van der Waals surface area contributed by atoms with Crippen molar-refractivity contribution in [2.45, 2.75) is 91.7 Å². The van der Waals surface area contributed by atoms with E-state index in [1.165, 1.54) is 0 Å². The van der Waals surface area contributed by atoms with Crippen LogP contribution in [0.1, 0.15) is 0 Å². The molecule has 11 heteroatoms. The molecule has 0 N–H and O–H groups in total. The van der Waals surface area contributed by atoms with Gasteiger partial charge in [-0.1, -0.05) is 0 Å². The Morgan fingerprint density at radius 1 is 0.400 bits per heavy atom. The van der Waals surface area contributed by atoms with Crippen molar-refractivity contribution in [2.24, 2.45) is 0 Å². The zero-order valence-corrected chi connectivity index (χ0v) is 25.9. The predicted molar refractivity (Wildman–Crippen MR) is 129 cm³/mol. The van der Waals surface area contributed by atoms with Crippen molar-refractivity contribution in [3.8, 4) is 0 Å². The van der Waals surface area contributed by atoms with E-state index in [1.807, 2.05) is 10.7 Å². The lowest BCUT2D eigenvalue weighted by Crippen LogP contribution is -2.54. The normalized spacial score (nSPS) is 15.6. The van der Waals surface area contributed by atoms with Crippen LogP contribution in [0, 0.1) is 0 Å². The predicted octanol–water partition coefficient (Wildman–Crippen LogP) is 6.26. The summed E-state index contributed by atoms with van der Waals surface area (Å²) < 4.78 is 26.1. The molecular weight excluding hydrogens is 433 g/mol. The van der Waals surface area contributed by atoms with Crippen LogP contribution in [0.4, 0.5) is 0 Å². The van der Waals surface area contributed by atoms with Crippen molar-refractivity contribution in [1.29, 1.82) is 0 Å². The SMILES string of the molecule is C[Si](C)(C)O[Si](C)(C)O[Si](C)(C)S[Si](C)(C)O[Si](C)(C)O[Si](C)(C)C. The maximum atomic E-state index is 6.64. The minimum Gasteiger partial charge on any atom is -0.437 e. The average Bonchev–Trinajstić information content (AvgIpc) is 1.97. The van der Waals surface area contributed by atoms with E-state index >= 15 is 0 Å². The summed E-state index contributed by atoms with van der Waals surface area (Å²) in [6.07, 6.45) is 0. The van der Waals surface area contributed by atoms with Crippen LogP contribution in [0.5, 0.6) is 0 Å². The molecule has 0 heterocycles. The van der Waals surface area contributed by atoms with Gasteiger partial charge in [0.2, 0.25) is 14.9 Å². The van der Waals surface area contributed by atoms with E-state index in [9.17, 15) is 0 Å². The van der Waals surface area contributed by atoms with Crippen LogP contribution in [0.25, 0.3) is 0 Å². The second-order valence-corrected chi connectivity index (χ2v) is 41.8. The third-order valence-corrected chi connectivity index (χ3v) is 33.6. The molecule has 0 bridgehead atoms. The monoisotopic (exact) mass is 474 g/mol. The van der Waals surface area contributed by atoms with Gasteiger partial charge in [-0.2, -0.15) is 10.7 Å². The first-order valence-electron chi connectivity index (χ1n) is 9.04. The van der Waals surface area contributed by atoms with Gasteiger partial charge in [0.05, 0.1) is 0 Å². The Bertz CT molecular complexity index is 404. The van der Waals surface area contributed by atoms with Gasteiger partial charge in [0.15, 0.2) is 16.6 Å². The third kappa shape index (κ3) is 14.2. The fourth-order valence-corrected chi connectivity index (χ4v) is 48.0. The Labute approximate surface area is 167 Å². The van der Waals surface area contributed by atoms with Crippen LogP contribution in [-0.2, 0) is 16.5 Å². The van der Waals surface area contributed by atoms with Gasteiger partial charge in [0, 0.05) is 0 Å². The van der Waals surface area contributed by atoms with E-state index in [2.05, 4.69) is 91.7 Å². The molecule has 25 heavy (non-hydrogen) atoms. The molecule has 0 saturated carbocycles. The Kier molecular flexibility index (Phi) is 8.97. The summed E-state index contributed by atoms with van der Waals surface area (Å²) in [5, 5.41) is 0. The van der Waals surface area contributed by atoms with Crippen LogP contribution in [0.15, 0.2) is 0 Å². The van der Waals surface area contributed by atoms with Gasteiger partial charge < -0.3 is 16.5 Å². The van der Waals surface area contributed by atoms with Gasteiger partial charge in [-0.25, -0.2) is 0 Å². The standard InChI is InChI=1S/C14H42O4SSi6/c1-20(2,3)15-22(7,8)17-24(11,12)19-25(13,14)18-23(9,10)16-21(4,5)6/h1-14H3. The molecule has 0 fully saturated rings. The molecular formula is C14H42O4SSi6. The molecule has 0 amide bonds. The Morgan fingerprint density at radius 2 is 0.640 bits per heavy atom. The maximum Gasteiger partial charge on any atom is 0.311 e. The molecule has 0 spiro atoms. The van der Waals surface area contributed by atoms with Crippen LogP contribution in [-0.4, -0.2) is 48.7 Å². The summed E-state index contributed by atoms with van der Waals surface area (Å²) in [6.45, 7) is 31.3. The zero-order chi connectivity index (χ0) is 20.5. The molecule has 4 nitrogen and oxygen atoms in total. The molecule has 0 rings (SSSR count). The quantitative estimate of drug-likeness (QED) is 0.349. The lowest BCUT2D eigenvalue weighted by molar-refractivity contribution is 0.401. The van der Waals surface area contributed by atoms with Gasteiger partial charge in [-0.3, -0.25) is 0 Å². The van der Waals surface area contributed by atoms with Gasteiger partial charge >= 0.3 is 17.1 Å². The van der Waals surface area contributed by atoms with Crippen LogP contribution in [0.2, 0.25) is 91.7 Å². The first-order valence-corrected chi connectivity index (χ1v) is 29.6. The highest BCUT2D eigenvalue weighted by Gasteiger charge is 2.45. The molecule has 152 valence electrons. The topological polar surface area (TPSA) is 36.9 Å². The largest absolute Gasteiger partial charge is 0.437 e. The molecule has 0 aromatic heterocycles. The van der Waals surface area contributed by atoms with Crippen molar-refractivity contribution < 1.29 is 16.5 Å². The zero-order valence-electron chi connectivity index (χ0n) is 19.0. The van der Waals surface area contributed by atoms with Crippen LogP contribution < -0.4 is 0 Å². The molecule has 0 aromatic rings. The van der Waals surface area contributed by atoms with Crippen molar-refractivity contribution in [3.05, 3.63) is 0 Å². The van der Waals surface area contributed by atoms with Crippen LogP contribution >= 0.6 is 10.7 Å². The Balaban J connectivity index is 5.01. The van der Waals surface area contributed by atoms with Crippen molar-refractivity contribution in [3.63, 3.8) is 0 Å². The lowest BCUT2D eigenvalue weighted by Gasteiger charge is -2.42. The van der Waals surface area contributed by atoms with Gasteiger partial charge in [-0.15, -0.1) is 0 Å². The van der Waals surface area contributed by atoms with Crippen LogP contribution in [0.3, 0.4) is 0 Å². The molecule has 0 aliphatic rings. The maximum absolute atomic E-state index is 6.64. The molecule has 0 radical (unpaired) electrons. The van der Waals surface area contributed by atoms with Gasteiger partial charge in [0.1, 0.15) is 0 Å². The minimum absolute atomic E-state index is 1.59. The summed E-state index contributed by atoms with van der Waals surface area (Å²) in [5.74, 6) is 0. The average molecular weight is 475 g/mol. The van der Waals surface area contributed by atoms with Crippen molar-refractivity contribution in [2.75, 3.05) is 0 Å².